The summed E-state index contributed by atoms with van der Waals surface area (Å²) in [6, 6.07) is 0.0758. The number of nitrogens with one attached hydrogen (secondary N) is 2. The van der Waals surface area contributed by atoms with Crippen molar-refractivity contribution < 1.29 is 9.53 Å². The Morgan fingerprint density at radius 1 is 1.53 bits per heavy atom. The highest BCUT2D eigenvalue weighted by Gasteiger charge is 2.11. The van der Waals surface area contributed by atoms with Crippen LogP contribution in [0.3, 0.4) is 0 Å². The molecule has 0 saturated carbocycles. The van der Waals surface area contributed by atoms with Gasteiger partial charge in [-0.25, -0.2) is 0 Å². The molecule has 0 aromatic carbocycles. The van der Waals surface area contributed by atoms with Crippen LogP contribution in [-0.4, -0.2) is 38.8 Å². The number of methoxy groups -OCH3 is 1. The van der Waals surface area contributed by atoms with E-state index in [-0.39, 0.29) is 11.9 Å². The van der Waals surface area contributed by atoms with Crippen molar-refractivity contribution in [3.05, 3.63) is 12.2 Å². The predicted octanol–water partition coefficient (Wildman–Crippen LogP) is 1.08. The topological polar surface area (TPSA) is 50.4 Å². The van der Waals surface area contributed by atoms with E-state index < -0.39 is 0 Å². The summed E-state index contributed by atoms with van der Waals surface area (Å²) >= 11 is 0. The van der Waals surface area contributed by atoms with E-state index in [0.717, 1.165) is 13.0 Å². The van der Waals surface area contributed by atoms with E-state index in [4.69, 9.17) is 4.74 Å². The third-order valence-electron chi connectivity index (χ3n) is 2.92. The minimum atomic E-state index is 0.0425. The van der Waals surface area contributed by atoms with Gasteiger partial charge in [-0.2, -0.15) is 0 Å². The molecule has 0 radical (unpaired) electrons. The van der Waals surface area contributed by atoms with Crippen LogP contribution in [0.4, 0.5) is 0 Å². The number of hydrogen-bond acceptors (Lipinski definition) is 3. The maximum Gasteiger partial charge on any atom is 0.234 e. The molecule has 0 aromatic rings. The largest absolute Gasteiger partial charge is 0.383 e. The van der Waals surface area contributed by atoms with E-state index in [1.165, 1.54) is 12.8 Å². The van der Waals surface area contributed by atoms with Gasteiger partial charge in [-0.1, -0.05) is 12.2 Å². The average Bonchev–Trinajstić information content (AvgIpc) is 2.30. The van der Waals surface area contributed by atoms with E-state index in [2.05, 4.69) is 22.8 Å². The molecule has 4 heteroatoms. The van der Waals surface area contributed by atoms with Crippen molar-refractivity contribution in [2.24, 2.45) is 5.92 Å². The number of rotatable bonds is 7. The lowest BCUT2D eigenvalue weighted by Gasteiger charge is -2.18. The molecular formula is C13H24N2O2. The van der Waals surface area contributed by atoms with Crippen LogP contribution >= 0.6 is 0 Å². The van der Waals surface area contributed by atoms with Crippen molar-refractivity contribution in [3.8, 4) is 0 Å². The molecule has 0 heterocycles. The fourth-order valence-electron chi connectivity index (χ4n) is 2.05. The van der Waals surface area contributed by atoms with Crippen LogP contribution in [0.5, 0.6) is 0 Å². The number of carbonyl (C=O) groups excluding carboxylic acids is 1. The first-order chi connectivity index (χ1) is 8.22. The van der Waals surface area contributed by atoms with Crippen molar-refractivity contribution in [3.63, 3.8) is 0 Å². The van der Waals surface area contributed by atoms with Crippen molar-refractivity contribution in [1.82, 2.24) is 10.6 Å². The fraction of sp³-hybridized carbons (Fsp3) is 0.769. The molecule has 0 aromatic heterocycles. The smallest absolute Gasteiger partial charge is 0.234 e. The van der Waals surface area contributed by atoms with E-state index in [0.29, 0.717) is 19.1 Å². The van der Waals surface area contributed by atoms with E-state index in [1.54, 1.807) is 7.11 Å². The molecule has 2 atom stereocenters. The van der Waals surface area contributed by atoms with Crippen molar-refractivity contribution in [1.29, 1.82) is 0 Å². The van der Waals surface area contributed by atoms with Gasteiger partial charge in [-0.3, -0.25) is 4.79 Å². The zero-order valence-corrected chi connectivity index (χ0v) is 10.9. The summed E-state index contributed by atoms with van der Waals surface area (Å²) in [7, 11) is 1.64. The Balaban J connectivity index is 2.05. The van der Waals surface area contributed by atoms with Gasteiger partial charge in [-0.05, 0) is 38.6 Å². The lowest BCUT2D eigenvalue weighted by molar-refractivity contribution is -0.121. The molecule has 4 nitrogen and oxygen atoms in total. The number of amides is 1. The minimum absolute atomic E-state index is 0.0425. The second-order valence-electron chi connectivity index (χ2n) is 4.71. The highest BCUT2D eigenvalue weighted by molar-refractivity contribution is 5.78. The van der Waals surface area contributed by atoms with Gasteiger partial charge in [0.2, 0.25) is 5.91 Å². The van der Waals surface area contributed by atoms with Crippen LogP contribution in [-0.2, 0) is 9.53 Å². The molecular weight excluding hydrogens is 216 g/mol. The van der Waals surface area contributed by atoms with Gasteiger partial charge in [0.05, 0.1) is 13.2 Å². The zero-order chi connectivity index (χ0) is 12.5. The first-order valence-corrected chi connectivity index (χ1v) is 6.36. The number of allylic oxidation sites excluding steroid dienone is 2. The van der Waals surface area contributed by atoms with Crippen LogP contribution in [0, 0.1) is 5.92 Å². The van der Waals surface area contributed by atoms with Gasteiger partial charge in [0.1, 0.15) is 0 Å². The standard InChI is InChI=1S/C13H24N2O2/c1-11(10-17-2)15-13(16)9-14-8-12-6-4-3-5-7-12/h3-4,11-12,14H,5-10H2,1-2H3,(H,15,16). The van der Waals surface area contributed by atoms with Gasteiger partial charge in [0.15, 0.2) is 0 Å². The van der Waals surface area contributed by atoms with Crippen molar-refractivity contribution in [2.45, 2.75) is 32.2 Å². The molecule has 0 saturated heterocycles. The Hall–Kier alpha value is -0.870. The van der Waals surface area contributed by atoms with Crippen LogP contribution in [0.2, 0.25) is 0 Å². The normalized spacial score (nSPS) is 21.2. The lowest BCUT2D eigenvalue weighted by atomic mass is 9.94. The first-order valence-electron chi connectivity index (χ1n) is 6.36. The van der Waals surface area contributed by atoms with Crippen LogP contribution in [0.15, 0.2) is 12.2 Å². The van der Waals surface area contributed by atoms with Crippen LogP contribution in [0.25, 0.3) is 0 Å². The monoisotopic (exact) mass is 240 g/mol. The molecule has 2 N–H and O–H groups in total. The summed E-state index contributed by atoms with van der Waals surface area (Å²) < 4.78 is 4.96. The maximum atomic E-state index is 11.5. The van der Waals surface area contributed by atoms with Crippen LogP contribution < -0.4 is 10.6 Å². The Kier molecular flexibility index (Phi) is 6.89. The first kappa shape index (κ1) is 14.2. The van der Waals surface area contributed by atoms with Gasteiger partial charge in [-0.15, -0.1) is 0 Å². The molecule has 1 rings (SSSR count). The molecule has 0 bridgehead atoms. The lowest BCUT2D eigenvalue weighted by Crippen LogP contribution is -2.41. The zero-order valence-electron chi connectivity index (χ0n) is 10.9. The summed E-state index contributed by atoms with van der Waals surface area (Å²) in [6.07, 6.45) is 8.00. The molecule has 1 amide bonds. The molecule has 1 aliphatic rings. The summed E-state index contributed by atoms with van der Waals surface area (Å²) in [5.74, 6) is 0.727. The summed E-state index contributed by atoms with van der Waals surface area (Å²) in [6.45, 7) is 3.82. The molecule has 17 heavy (non-hydrogen) atoms. The maximum absolute atomic E-state index is 11.5. The number of hydrogen-bond donors (Lipinski definition) is 2. The van der Waals surface area contributed by atoms with E-state index in [9.17, 15) is 4.79 Å². The molecule has 0 fully saturated rings. The SMILES string of the molecule is COCC(C)NC(=O)CNCC1CC=CCC1. The highest BCUT2D eigenvalue weighted by Crippen LogP contribution is 2.16. The fourth-order valence-corrected chi connectivity index (χ4v) is 2.05. The van der Waals surface area contributed by atoms with Crippen molar-refractivity contribution in [2.75, 3.05) is 26.8 Å². The van der Waals surface area contributed by atoms with Gasteiger partial charge in [0, 0.05) is 13.2 Å². The summed E-state index contributed by atoms with van der Waals surface area (Å²) in [5, 5.41) is 6.09. The van der Waals surface area contributed by atoms with E-state index in [1.807, 2.05) is 6.92 Å². The molecule has 2 unspecified atom stereocenters. The molecule has 1 aliphatic carbocycles. The second-order valence-corrected chi connectivity index (χ2v) is 4.71. The third kappa shape index (κ3) is 6.44. The number of ether oxygens (including phenoxy) is 1. The molecule has 98 valence electrons. The molecule has 0 aliphatic heterocycles. The van der Waals surface area contributed by atoms with E-state index >= 15 is 0 Å². The van der Waals surface area contributed by atoms with Gasteiger partial charge < -0.3 is 15.4 Å². The third-order valence-corrected chi connectivity index (χ3v) is 2.92. The Labute approximate surface area is 104 Å². The average molecular weight is 240 g/mol. The highest BCUT2D eigenvalue weighted by atomic mass is 16.5. The quantitative estimate of drug-likeness (QED) is 0.655. The Morgan fingerprint density at radius 3 is 3.00 bits per heavy atom. The van der Waals surface area contributed by atoms with Gasteiger partial charge >= 0.3 is 0 Å². The predicted molar refractivity (Wildman–Crippen MR) is 68.8 cm³/mol. The number of carbonyl (C=O) groups is 1. The van der Waals surface area contributed by atoms with Gasteiger partial charge in [0.25, 0.3) is 0 Å². The Bertz CT molecular complexity index is 254. The summed E-state index contributed by atoms with van der Waals surface area (Å²) in [5.41, 5.74) is 0. The summed E-state index contributed by atoms with van der Waals surface area (Å²) in [4.78, 5) is 11.5. The minimum Gasteiger partial charge on any atom is -0.383 e. The Morgan fingerprint density at radius 2 is 2.35 bits per heavy atom. The molecule has 0 spiro atoms. The van der Waals surface area contributed by atoms with Crippen LogP contribution in [0.1, 0.15) is 26.2 Å². The second kappa shape index (κ2) is 8.25. The van der Waals surface area contributed by atoms with Crippen molar-refractivity contribution >= 4 is 5.91 Å².